The quantitative estimate of drug-likeness (QED) is 0.0430. The van der Waals surface area contributed by atoms with Crippen LogP contribution in [-0.4, -0.2) is 29.9 Å². The summed E-state index contributed by atoms with van der Waals surface area (Å²) in [5.74, 6) is 5.01. The molecule has 0 aliphatic heterocycles. The second-order valence-electron chi connectivity index (χ2n) is 35.8. The number of nitrogens with zero attached hydrogens (tertiary/aromatic N) is 6. The molecule has 0 bridgehead atoms. The monoisotopic (exact) mass is 1950 g/mol. The number of hydrogen-bond acceptors (Lipinski definition) is 6. The van der Waals surface area contributed by atoms with Crippen LogP contribution >= 0.6 is 15.8 Å². The van der Waals surface area contributed by atoms with Crippen LogP contribution in [0.25, 0.3) is 44.6 Å². The smallest absolute Gasteiger partial charge is 0.102 e. The van der Waals surface area contributed by atoms with Crippen molar-refractivity contribution in [1.82, 2.24) is 29.9 Å². The molecular weight excluding hydrogens is 1830 g/mol. The van der Waals surface area contributed by atoms with Crippen molar-refractivity contribution in [2.75, 3.05) is 0 Å². The maximum atomic E-state index is 4.80. The minimum atomic E-state index is -0.964. The maximum Gasteiger partial charge on any atom is 0.102 e. The molecule has 6 saturated carbocycles. The third kappa shape index (κ3) is 23.2. The Balaban J connectivity index is 0.000000145. The molecule has 0 saturated heterocycles. The molecule has 6 fully saturated rings. The summed E-state index contributed by atoms with van der Waals surface area (Å²) < 4.78 is 0. The molecular formula is C100H120N6Os2P2Ru+2. The van der Waals surface area contributed by atoms with E-state index in [-0.39, 0.29) is 59.1 Å². The zero-order valence-corrected chi connectivity index (χ0v) is 75.9. The Morgan fingerprint density at radius 1 is 0.261 bits per heavy atom. The van der Waals surface area contributed by atoms with Crippen molar-refractivity contribution in [3.05, 3.63) is 276 Å². The number of benzene rings is 5. The second kappa shape index (κ2) is 40.1. The van der Waals surface area contributed by atoms with Crippen LogP contribution in [0.4, 0.5) is 0 Å². The molecule has 0 spiro atoms. The first kappa shape index (κ1) is 85.9. The number of fused-ring (bicyclic) bond motifs is 3. The summed E-state index contributed by atoms with van der Waals surface area (Å²) >= 11 is 0. The van der Waals surface area contributed by atoms with E-state index in [1.807, 2.05) is 37.2 Å². The molecule has 0 N–H and O–H groups in total. The first-order valence-electron chi connectivity index (χ1n) is 41.6. The van der Waals surface area contributed by atoms with Gasteiger partial charge in [0, 0.05) is 107 Å². The largest absolute Gasteiger partial charge is 0.255 e. The van der Waals surface area contributed by atoms with Crippen molar-refractivity contribution in [3.8, 4) is 22.8 Å². The fraction of sp³-hybridized carbons (Fsp3) is 0.420. The first-order chi connectivity index (χ1) is 52.5. The van der Waals surface area contributed by atoms with Crippen LogP contribution in [0.2, 0.25) is 0 Å². The van der Waals surface area contributed by atoms with Gasteiger partial charge in [-0.2, -0.15) is 0 Å². The summed E-state index contributed by atoms with van der Waals surface area (Å²) in [6.07, 6.45) is 51.8. The fourth-order valence-electron chi connectivity index (χ4n) is 19.8. The normalized spacial score (nSPS) is 18.1. The maximum absolute atomic E-state index is 4.80. The Labute approximate surface area is 707 Å². The van der Waals surface area contributed by atoms with Crippen molar-refractivity contribution in [3.63, 3.8) is 0 Å². The van der Waals surface area contributed by atoms with E-state index < -0.39 is 15.8 Å². The van der Waals surface area contributed by atoms with Gasteiger partial charge in [0.1, 0.15) is 32.9 Å². The van der Waals surface area contributed by atoms with Crippen molar-refractivity contribution < 1.29 is 59.1 Å². The number of aromatic nitrogens is 6. The first-order valence-corrected chi connectivity index (χ1v) is 44.8. The van der Waals surface area contributed by atoms with Gasteiger partial charge in [-0.15, -0.1) is 0 Å². The van der Waals surface area contributed by atoms with Crippen molar-refractivity contribution in [1.29, 1.82) is 0 Å². The third-order valence-corrected chi connectivity index (χ3v) is 31.2. The van der Waals surface area contributed by atoms with Gasteiger partial charge in [-0.3, -0.25) is 29.9 Å². The van der Waals surface area contributed by atoms with Gasteiger partial charge in [0.2, 0.25) is 0 Å². The standard InChI is InChI=1S/C26H32N2.C26H22P2.2C24H32N2.2Os.Ru/c1-25(11-3-4-12-25)17-19-9-15-27-23-21(19)7-8-22-20(10-16-28-24(22)23)18-26(2)13-5-6-14-26;1-5-13-23(14-6-1)27(24-15-7-2-8-16-24)21-22-28(25-17-9-3-10-18-25)26-19-11-4-12-20-26;2*1-23(9-3-4-10-23)17-19-7-13-25-21(15-19)22-16-20(8-14-26-22)18-24(2)11-5-6-12-24;;;/h7-10,15-16H,3-6,11-14,17-18H2,1-2H3;1-22H;2*7-8,13-16H,3-6,9-12,17-18H2,1-2H3;;;/p+2. The summed E-state index contributed by atoms with van der Waals surface area (Å²) in [5, 5.41) is 8.32. The molecule has 0 unspecified atom stereocenters. The Kier molecular flexibility index (Phi) is 31.0. The van der Waals surface area contributed by atoms with Crippen molar-refractivity contribution >= 4 is 58.9 Å². The summed E-state index contributed by atoms with van der Waals surface area (Å²) in [6, 6.07) is 70.7. The van der Waals surface area contributed by atoms with Gasteiger partial charge in [0.05, 0.1) is 49.7 Å². The molecule has 6 aromatic heterocycles. The zero-order valence-electron chi connectivity index (χ0n) is 67.1. The van der Waals surface area contributed by atoms with E-state index in [2.05, 4.69) is 267 Å². The summed E-state index contributed by atoms with van der Waals surface area (Å²) in [7, 11) is -1.93. The van der Waals surface area contributed by atoms with E-state index in [0.29, 0.717) is 32.5 Å². The van der Waals surface area contributed by atoms with Crippen LogP contribution in [-0.2, 0) is 97.6 Å². The van der Waals surface area contributed by atoms with Gasteiger partial charge >= 0.3 is 0 Å². The summed E-state index contributed by atoms with van der Waals surface area (Å²) in [5.41, 5.74) is 17.7. The Morgan fingerprint density at radius 2 is 0.468 bits per heavy atom. The van der Waals surface area contributed by atoms with Crippen LogP contribution in [0.15, 0.2) is 243 Å². The van der Waals surface area contributed by atoms with E-state index in [4.69, 9.17) is 9.97 Å². The minimum absolute atomic E-state index is 0. The Hall–Kier alpha value is -5.98. The van der Waals surface area contributed by atoms with Gasteiger partial charge in [-0.1, -0.05) is 204 Å². The molecule has 6 nitrogen and oxygen atoms in total. The van der Waals surface area contributed by atoms with Crippen molar-refractivity contribution in [2.45, 2.75) is 234 Å². The SMILES string of the molecule is C(=C[PH+](c1ccccc1)c1ccccc1)[PH+](c1ccccc1)c1ccccc1.CC1(Cc2ccnc(-c3cc(CC4(C)CCCC4)ccn3)c2)CCCC1.CC1(Cc2ccnc(-c3cc(CC4(C)CCCC4)ccn3)c2)CCCC1.CC1(Cc2ccnc3c2ccc2c(CC4(C)CCCC4)ccnc23)CCCC1.[Os].[Os].[Ru]. The molecule has 0 amide bonds. The van der Waals surface area contributed by atoms with Crippen LogP contribution in [0, 0.1) is 32.5 Å². The predicted molar refractivity (Wildman–Crippen MR) is 464 cm³/mol. The van der Waals surface area contributed by atoms with E-state index in [1.165, 1.54) is 245 Å². The average Bonchev–Trinajstić information content (AvgIpc) is 1.03. The predicted octanol–water partition coefficient (Wildman–Crippen LogP) is 25.0. The molecule has 0 radical (unpaired) electrons. The zero-order chi connectivity index (χ0) is 74.3. The van der Waals surface area contributed by atoms with Gasteiger partial charge < -0.3 is 0 Å². The number of hydrogen-bond donors (Lipinski definition) is 0. The molecule has 17 rings (SSSR count). The number of pyridine rings is 6. The van der Waals surface area contributed by atoms with E-state index in [1.54, 1.807) is 0 Å². The number of rotatable bonds is 20. The van der Waals surface area contributed by atoms with Gasteiger partial charge in [-0.05, 0) is 291 Å². The van der Waals surface area contributed by atoms with Crippen molar-refractivity contribution in [2.24, 2.45) is 32.5 Å². The van der Waals surface area contributed by atoms with Gasteiger partial charge in [0.25, 0.3) is 0 Å². The summed E-state index contributed by atoms with van der Waals surface area (Å²) in [6.45, 7) is 14.7. The molecule has 11 aromatic rings. The fourth-order valence-corrected chi connectivity index (χ4v) is 24.8. The molecule has 582 valence electrons. The Bertz CT molecular complexity index is 4220. The summed E-state index contributed by atoms with van der Waals surface area (Å²) in [4.78, 5) is 28.1. The van der Waals surface area contributed by atoms with Crippen LogP contribution in [0.5, 0.6) is 0 Å². The van der Waals surface area contributed by atoms with Gasteiger partial charge in [-0.25, -0.2) is 0 Å². The molecule has 6 aliphatic carbocycles. The molecule has 6 aliphatic rings. The minimum Gasteiger partial charge on any atom is -0.255 e. The van der Waals surface area contributed by atoms with Crippen LogP contribution in [0.1, 0.15) is 229 Å². The van der Waals surface area contributed by atoms with E-state index in [9.17, 15) is 0 Å². The van der Waals surface area contributed by atoms with Crippen LogP contribution in [0.3, 0.4) is 0 Å². The van der Waals surface area contributed by atoms with Crippen LogP contribution < -0.4 is 21.2 Å². The molecule has 0 atom stereocenters. The van der Waals surface area contributed by atoms with Gasteiger partial charge in [0.15, 0.2) is 0 Å². The van der Waals surface area contributed by atoms with E-state index in [0.717, 1.165) is 46.7 Å². The molecule has 6 heterocycles. The Morgan fingerprint density at radius 3 is 0.694 bits per heavy atom. The molecule has 5 aromatic carbocycles. The molecule has 11 heteroatoms. The second-order valence-corrected chi connectivity index (χ2v) is 40.4. The van der Waals surface area contributed by atoms with E-state index >= 15 is 0 Å². The third-order valence-electron chi connectivity index (χ3n) is 26.0. The topological polar surface area (TPSA) is 77.3 Å². The average molecular weight is 1950 g/mol. The molecule has 111 heavy (non-hydrogen) atoms.